The number of imidazole rings is 1. The second-order valence-corrected chi connectivity index (χ2v) is 4.75. The summed E-state index contributed by atoms with van der Waals surface area (Å²) in [5.74, 6) is -2.46. The van der Waals surface area contributed by atoms with Crippen molar-refractivity contribution in [1.82, 2.24) is 9.55 Å². The predicted octanol–water partition coefficient (Wildman–Crippen LogP) is 4.11. The molecule has 1 N–H and O–H groups in total. The second-order valence-electron chi connectivity index (χ2n) is 4.37. The van der Waals surface area contributed by atoms with Crippen LogP contribution in [0.4, 0.5) is 13.2 Å². The van der Waals surface area contributed by atoms with Crippen LogP contribution in [0.25, 0.3) is 16.7 Å². The van der Waals surface area contributed by atoms with Gasteiger partial charge in [0.2, 0.25) is 0 Å². The molecule has 3 rings (SSSR count). The molecule has 3 nitrogen and oxygen atoms in total. The van der Waals surface area contributed by atoms with Crippen molar-refractivity contribution < 1.29 is 17.9 Å². The van der Waals surface area contributed by atoms with Crippen molar-refractivity contribution in [2.45, 2.75) is 0 Å². The first-order valence-electron chi connectivity index (χ1n) is 5.95. The van der Waals surface area contributed by atoms with Gasteiger partial charge in [-0.25, -0.2) is 13.2 Å². The van der Waals surface area contributed by atoms with Gasteiger partial charge in [-0.3, -0.25) is 4.57 Å². The lowest BCUT2D eigenvalue weighted by Crippen LogP contribution is -2.02. The van der Waals surface area contributed by atoms with E-state index < -0.39 is 23.1 Å². The normalized spacial score (nSPS) is 11.0. The van der Waals surface area contributed by atoms with Crippen molar-refractivity contribution in [3.05, 3.63) is 52.6 Å². The van der Waals surface area contributed by atoms with E-state index in [1.54, 1.807) is 18.2 Å². The molecular formula is C14H9F3N2OS. The van der Waals surface area contributed by atoms with E-state index in [1.165, 1.54) is 11.7 Å². The van der Waals surface area contributed by atoms with E-state index in [0.29, 0.717) is 28.9 Å². The molecule has 7 heteroatoms. The van der Waals surface area contributed by atoms with E-state index in [0.717, 1.165) is 0 Å². The lowest BCUT2D eigenvalue weighted by Gasteiger charge is -2.08. The van der Waals surface area contributed by atoms with Gasteiger partial charge >= 0.3 is 0 Å². The molecule has 21 heavy (non-hydrogen) atoms. The smallest absolute Gasteiger partial charge is 0.182 e. The molecule has 0 radical (unpaired) electrons. The quantitative estimate of drug-likeness (QED) is 0.722. The number of ether oxygens (including phenoxy) is 1. The molecule has 0 spiro atoms. The number of hydrogen-bond donors (Lipinski definition) is 1. The van der Waals surface area contributed by atoms with Crippen molar-refractivity contribution in [1.29, 1.82) is 0 Å². The number of nitrogens with zero attached hydrogens (tertiary/aromatic N) is 1. The van der Waals surface area contributed by atoms with E-state index in [4.69, 9.17) is 17.0 Å². The average Bonchev–Trinajstić information content (AvgIpc) is 2.73. The Morgan fingerprint density at radius 1 is 1.10 bits per heavy atom. The van der Waals surface area contributed by atoms with Crippen LogP contribution in [0.5, 0.6) is 5.75 Å². The van der Waals surface area contributed by atoms with Crippen molar-refractivity contribution in [3.8, 4) is 11.4 Å². The highest BCUT2D eigenvalue weighted by molar-refractivity contribution is 7.71. The number of aromatic amines is 1. The number of fused-ring (bicyclic) bond motifs is 1. The minimum Gasteiger partial charge on any atom is -0.497 e. The Bertz CT molecular complexity index is 878. The molecule has 0 saturated carbocycles. The lowest BCUT2D eigenvalue weighted by molar-refractivity contribution is 0.415. The van der Waals surface area contributed by atoms with E-state index in [1.807, 2.05) is 0 Å². The average molecular weight is 310 g/mol. The number of nitrogens with one attached hydrogen (secondary N) is 1. The molecule has 1 heterocycles. The highest BCUT2D eigenvalue weighted by atomic mass is 32.1. The Balaban J connectivity index is 2.36. The van der Waals surface area contributed by atoms with Crippen LogP contribution in [0, 0.1) is 22.2 Å². The highest BCUT2D eigenvalue weighted by Gasteiger charge is 2.17. The third-order valence-electron chi connectivity index (χ3n) is 3.09. The van der Waals surface area contributed by atoms with E-state index in [2.05, 4.69) is 4.98 Å². The van der Waals surface area contributed by atoms with Crippen LogP contribution in [-0.4, -0.2) is 16.7 Å². The Hall–Kier alpha value is -2.28. The summed E-state index contributed by atoms with van der Waals surface area (Å²) in [4.78, 5) is 2.84. The Morgan fingerprint density at radius 2 is 1.76 bits per heavy atom. The molecule has 0 aliphatic rings. The fraction of sp³-hybridized carbons (Fsp3) is 0.0714. The number of rotatable bonds is 2. The molecule has 0 bridgehead atoms. The van der Waals surface area contributed by atoms with Gasteiger partial charge in [-0.15, -0.1) is 0 Å². The molecule has 0 atom stereocenters. The predicted molar refractivity (Wildman–Crippen MR) is 74.9 cm³/mol. The first-order valence-corrected chi connectivity index (χ1v) is 6.36. The third-order valence-corrected chi connectivity index (χ3v) is 3.38. The first kappa shape index (κ1) is 13.7. The maximum atomic E-state index is 13.9. The molecule has 108 valence electrons. The van der Waals surface area contributed by atoms with Crippen LogP contribution >= 0.6 is 12.2 Å². The molecule has 0 saturated heterocycles. The number of methoxy groups -OCH3 is 1. The van der Waals surface area contributed by atoms with Crippen LogP contribution in [0.1, 0.15) is 0 Å². The van der Waals surface area contributed by atoms with Crippen molar-refractivity contribution in [2.75, 3.05) is 7.11 Å². The van der Waals surface area contributed by atoms with E-state index >= 15 is 0 Å². The molecule has 3 aromatic rings. The van der Waals surface area contributed by atoms with E-state index in [-0.39, 0.29) is 4.77 Å². The van der Waals surface area contributed by atoms with Crippen LogP contribution in [0.15, 0.2) is 30.3 Å². The van der Waals surface area contributed by atoms with Crippen LogP contribution < -0.4 is 4.74 Å². The van der Waals surface area contributed by atoms with Gasteiger partial charge in [-0.2, -0.15) is 0 Å². The number of aromatic nitrogens is 2. The Morgan fingerprint density at radius 3 is 2.38 bits per heavy atom. The Labute approximate surface area is 122 Å². The molecule has 0 unspecified atom stereocenters. The van der Waals surface area contributed by atoms with Crippen molar-refractivity contribution >= 4 is 23.3 Å². The molecule has 0 aliphatic heterocycles. The molecule has 1 aromatic heterocycles. The zero-order valence-corrected chi connectivity index (χ0v) is 11.6. The largest absolute Gasteiger partial charge is 0.497 e. The van der Waals surface area contributed by atoms with Gasteiger partial charge < -0.3 is 9.72 Å². The fourth-order valence-electron chi connectivity index (χ4n) is 2.19. The Kier molecular flexibility index (Phi) is 3.21. The van der Waals surface area contributed by atoms with Gasteiger partial charge in [-0.05, 0) is 24.4 Å². The summed E-state index contributed by atoms with van der Waals surface area (Å²) in [5.41, 5.74) is 0.602. The molecule has 0 fully saturated rings. The maximum Gasteiger partial charge on any atom is 0.182 e. The molecular weight excluding hydrogens is 301 g/mol. The van der Waals surface area contributed by atoms with Crippen LogP contribution in [-0.2, 0) is 0 Å². The van der Waals surface area contributed by atoms with Gasteiger partial charge in [0.05, 0.1) is 18.1 Å². The standard InChI is InChI=1S/C14H9F3N2OS/c1-20-8-2-3-12-11(6-8)18-14(21)19(12)13-9(16)4-7(15)5-10(13)17/h2-6H,1H3,(H,18,21). The minimum atomic E-state index is -1.03. The van der Waals surface area contributed by atoms with Gasteiger partial charge in [0.1, 0.15) is 17.3 Å². The highest BCUT2D eigenvalue weighted by Crippen LogP contribution is 2.27. The van der Waals surface area contributed by atoms with Gasteiger partial charge in [0.15, 0.2) is 16.4 Å². The van der Waals surface area contributed by atoms with Crippen LogP contribution in [0.3, 0.4) is 0 Å². The molecule has 2 aromatic carbocycles. The maximum absolute atomic E-state index is 13.9. The monoisotopic (exact) mass is 310 g/mol. The van der Waals surface area contributed by atoms with Crippen LogP contribution in [0.2, 0.25) is 0 Å². The molecule has 0 aliphatic carbocycles. The number of benzene rings is 2. The molecule has 0 amide bonds. The fourth-order valence-corrected chi connectivity index (χ4v) is 2.49. The van der Waals surface area contributed by atoms with Crippen molar-refractivity contribution in [3.63, 3.8) is 0 Å². The third kappa shape index (κ3) is 2.19. The summed E-state index contributed by atoms with van der Waals surface area (Å²) in [6.07, 6.45) is 0. The summed E-state index contributed by atoms with van der Waals surface area (Å²) in [6.45, 7) is 0. The number of hydrogen-bond acceptors (Lipinski definition) is 2. The summed E-state index contributed by atoms with van der Waals surface area (Å²) in [6, 6.07) is 6.13. The van der Waals surface area contributed by atoms with Crippen molar-refractivity contribution in [2.24, 2.45) is 0 Å². The second kappa shape index (κ2) is 4.92. The summed E-state index contributed by atoms with van der Waals surface area (Å²) < 4.78 is 47.3. The summed E-state index contributed by atoms with van der Waals surface area (Å²) >= 11 is 5.11. The summed E-state index contributed by atoms with van der Waals surface area (Å²) in [5, 5.41) is 0. The topological polar surface area (TPSA) is 29.9 Å². The van der Waals surface area contributed by atoms with E-state index in [9.17, 15) is 13.2 Å². The van der Waals surface area contributed by atoms with Gasteiger partial charge in [0.25, 0.3) is 0 Å². The SMILES string of the molecule is COc1ccc2c(c1)[nH]c(=S)n2-c1c(F)cc(F)cc1F. The first-order chi connectivity index (χ1) is 10.0. The zero-order valence-electron chi connectivity index (χ0n) is 10.8. The number of H-pyrrole nitrogens is 1. The minimum absolute atomic E-state index is 0.0997. The number of halogens is 3. The van der Waals surface area contributed by atoms with Gasteiger partial charge in [0, 0.05) is 18.2 Å². The van der Waals surface area contributed by atoms with Gasteiger partial charge in [-0.1, -0.05) is 0 Å². The lowest BCUT2D eigenvalue weighted by atomic mass is 10.2. The zero-order chi connectivity index (χ0) is 15.1. The summed E-state index contributed by atoms with van der Waals surface area (Å²) in [7, 11) is 1.51.